The normalized spacial score (nSPS) is 19.8. The first-order chi connectivity index (χ1) is 13.4. The van der Waals surface area contributed by atoms with Gasteiger partial charge in [0.05, 0.1) is 6.42 Å². The number of aliphatic hydroxyl groups excluding tert-OH is 1. The first kappa shape index (κ1) is 20.8. The fourth-order valence-electron chi connectivity index (χ4n) is 3.34. The van der Waals surface area contributed by atoms with E-state index in [1.54, 1.807) is 0 Å². The van der Waals surface area contributed by atoms with Crippen LogP contribution in [0.25, 0.3) is 0 Å². The highest BCUT2D eigenvalue weighted by Gasteiger charge is 2.43. The van der Waals surface area contributed by atoms with Crippen molar-refractivity contribution in [2.45, 2.75) is 44.5 Å². The number of benzene rings is 2. The number of carbonyl (C=O) groups excluding carboxylic acids is 1. The minimum atomic E-state index is -0.818. The molecular weight excluding hydrogens is 392 g/mol. The Morgan fingerprint density at radius 1 is 1.14 bits per heavy atom. The Hall–Kier alpha value is -1.91. The molecule has 1 unspecified atom stereocenters. The van der Waals surface area contributed by atoms with Crippen LogP contribution in [0, 0.1) is 5.92 Å². The number of hydrogen-bond acceptors (Lipinski definition) is 4. The number of thioether (sulfide) groups is 1. The number of esters is 1. The van der Waals surface area contributed by atoms with E-state index in [1.165, 1.54) is 11.8 Å². The van der Waals surface area contributed by atoms with E-state index >= 15 is 0 Å². The van der Waals surface area contributed by atoms with Crippen molar-refractivity contribution in [2.75, 3.05) is 0 Å². The predicted octanol–water partition coefficient (Wildman–Crippen LogP) is 6.62. The SMILES string of the molecule is CC(C)CCC1(c2ccccc2)CC(O)=C(SCc2ccccc2Cl)C(=O)O1. The summed E-state index contributed by atoms with van der Waals surface area (Å²) >= 11 is 7.47. The maximum absolute atomic E-state index is 12.9. The fraction of sp³-hybridized carbons (Fsp3) is 0.348. The van der Waals surface area contributed by atoms with Gasteiger partial charge in [0.1, 0.15) is 16.3 Å². The molecule has 2 aromatic carbocycles. The van der Waals surface area contributed by atoms with Gasteiger partial charge in [0.15, 0.2) is 0 Å². The van der Waals surface area contributed by atoms with Crippen LogP contribution in [-0.4, -0.2) is 11.1 Å². The van der Waals surface area contributed by atoms with Gasteiger partial charge in [-0.1, -0.05) is 74.0 Å². The van der Waals surface area contributed by atoms with Crippen LogP contribution in [0.1, 0.15) is 44.2 Å². The summed E-state index contributed by atoms with van der Waals surface area (Å²) in [4.78, 5) is 13.1. The third-order valence-corrected chi connectivity index (χ3v) is 6.46. The molecule has 1 heterocycles. The van der Waals surface area contributed by atoms with E-state index in [2.05, 4.69) is 13.8 Å². The van der Waals surface area contributed by atoms with E-state index in [9.17, 15) is 9.90 Å². The molecule has 5 heteroatoms. The van der Waals surface area contributed by atoms with Crippen LogP contribution in [0.3, 0.4) is 0 Å². The Balaban J connectivity index is 1.85. The molecule has 1 aliphatic rings. The Morgan fingerprint density at radius 2 is 1.82 bits per heavy atom. The molecular formula is C23H25ClO3S. The van der Waals surface area contributed by atoms with Crippen molar-refractivity contribution in [3.63, 3.8) is 0 Å². The average molecular weight is 417 g/mol. The summed E-state index contributed by atoms with van der Waals surface area (Å²) in [6.45, 7) is 4.29. The number of hydrogen-bond donors (Lipinski definition) is 1. The van der Waals surface area contributed by atoms with Gasteiger partial charge in [-0.2, -0.15) is 0 Å². The lowest BCUT2D eigenvalue weighted by Crippen LogP contribution is -2.37. The molecule has 1 atom stereocenters. The molecule has 0 saturated heterocycles. The van der Waals surface area contributed by atoms with Crippen LogP contribution in [-0.2, 0) is 20.9 Å². The lowest BCUT2D eigenvalue weighted by molar-refractivity contribution is -0.160. The molecule has 0 bridgehead atoms. The second-order valence-electron chi connectivity index (χ2n) is 7.52. The van der Waals surface area contributed by atoms with Gasteiger partial charge in [-0.05, 0) is 36.0 Å². The van der Waals surface area contributed by atoms with Gasteiger partial charge in [0, 0.05) is 10.8 Å². The number of rotatable bonds is 7. The van der Waals surface area contributed by atoms with Crippen molar-refractivity contribution in [3.8, 4) is 0 Å². The van der Waals surface area contributed by atoms with Crippen molar-refractivity contribution in [1.82, 2.24) is 0 Å². The molecule has 0 aromatic heterocycles. The van der Waals surface area contributed by atoms with Gasteiger partial charge in [0.2, 0.25) is 0 Å². The fourth-order valence-corrected chi connectivity index (χ4v) is 4.58. The summed E-state index contributed by atoms with van der Waals surface area (Å²) in [5, 5.41) is 11.4. The maximum Gasteiger partial charge on any atom is 0.348 e. The van der Waals surface area contributed by atoms with Gasteiger partial charge >= 0.3 is 5.97 Å². The van der Waals surface area contributed by atoms with Crippen molar-refractivity contribution >= 4 is 29.3 Å². The molecule has 3 nitrogen and oxygen atoms in total. The van der Waals surface area contributed by atoms with E-state index in [0.717, 1.165) is 17.5 Å². The predicted molar refractivity (Wildman–Crippen MR) is 115 cm³/mol. The van der Waals surface area contributed by atoms with Crippen molar-refractivity contribution < 1.29 is 14.6 Å². The van der Waals surface area contributed by atoms with E-state index in [4.69, 9.17) is 16.3 Å². The Bertz CT molecular complexity index is 863. The number of ether oxygens (including phenoxy) is 1. The van der Waals surface area contributed by atoms with Gasteiger partial charge in [-0.25, -0.2) is 4.79 Å². The number of halogens is 1. The molecule has 0 saturated carbocycles. The highest BCUT2D eigenvalue weighted by Crippen LogP contribution is 2.44. The minimum Gasteiger partial charge on any atom is -0.511 e. The molecule has 1 aliphatic heterocycles. The standard InChI is InChI=1S/C23H25ClO3S/c1-16(2)12-13-23(18-9-4-3-5-10-18)14-20(25)21(22(26)27-23)28-15-17-8-6-7-11-19(17)24/h3-11,16,25H,12-15H2,1-2H3. The third kappa shape index (κ3) is 4.73. The Kier molecular flexibility index (Phi) is 6.73. The maximum atomic E-state index is 12.9. The van der Waals surface area contributed by atoms with Gasteiger partial charge < -0.3 is 9.84 Å². The Labute approximate surface area is 175 Å². The zero-order valence-corrected chi connectivity index (χ0v) is 17.7. The topological polar surface area (TPSA) is 46.5 Å². The smallest absolute Gasteiger partial charge is 0.348 e. The lowest BCUT2D eigenvalue weighted by Gasteiger charge is -2.38. The summed E-state index contributed by atoms with van der Waals surface area (Å²) in [7, 11) is 0. The van der Waals surface area contributed by atoms with Crippen LogP contribution in [0.5, 0.6) is 0 Å². The summed E-state index contributed by atoms with van der Waals surface area (Å²) in [5.41, 5.74) is 1.02. The van der Waals surface area contributed by atoms with E-state index in [0.29, 0.717) is 29.5 Å². The molecule has 0 spiro atoms. The molecule has 3 rings (SSSR count). The monoisotopic (exact) mass is 416 g/mol. The van der Waals surface area contributed by atoms with Gasteiger partial charge in [-0.3, -0.25) is 0 Å². The molecule has 2 aromatic rings. The molecule has 0 amide bonds. The number of cyclic esters (lactones) is 1. The highest BCUT2D eigenvalue weighted by molar-refractivity contribution is 8.03. The second-order valence-corrected chi connectivity index (χ2v) is 8.91. The minimum absolute atomic E-state index is 0.0981. The van der Waals surface area contributed by atoms with Crippen LogP contribution in [0.4, 0.5) is 0 Å². The summed E-state index contributed by atoms with van der Waals surface area (Å²) in [6.07, 6.45) is 1.87. The highest BCUT2D eigenvalue weighted by atomic mass is 35.5. The first-order valence-corrected chi connectivity index (χ1v) is 10.8. The average Bonchev–Trinajstić information content (AvgIpc) is 2.68. The third-order valence-electron chi connectivity index (χ3n) is 4.94. The number of aliphatic hydroxyl groups is 1. The quantitative estimate of drug-likeness (QED) is 0.515. The van der Waals surface area contributed by atoms with E-state index in [1.807, 2.05) is 54.6 Å². The first-order valence-electron chi connectivity index (χ1n) is 9.48. The second kappa shape index (κ2) is 9.06. The van der Waals surface area contributed by atoms with Crippen molar-refractivity contribution in [3.05, 3.63) is 81.4 Å². The van der Waals surface area contributed by atoms with Crippen LogP contribution in [0.2, 0.25) is 5.02 Å². The largest absolute Gasteiger partial charge is 0.511 e. The molecule has 0 fully saturated rings. The summed E-state index contributed by atoms with van der Waals surface area (Å²) in [6, 6.07) is 17.2. The summed E-state index contributed by atoms with van der Waals surface area (Å²) in [5.74, 6) is 0.606. The van der Waals surface area contributed by atoms with E-state index in [-0.39, 0.29) is 10.7 Å². The zero-order chi connectivity index (χ0) is 20.1. The molecule has 28 heavy (non-hydrogen) atoms. The van der Waals surface area contributed by atoms with Crippen LogP contribution < -0.4 is 0 Å². The van der Waals surface area contributed by atoms with Gasteiger partial charge in [-0.15, -0.1) is 11.8 Å². The van der Waals surface area contributed by atoms with Crippen LogP contribution in [0.15, 0.2) is 65.3 Å². The van der Waals surface area contributed by atoms with Crippen molar-refractivity contribution in [2.24, 2.45) is 5.92 Å². The Morgan fingerprint density at radius 3 is 2.46 bits per heavy atom. The van der Waals surface area contributed by atoms with Crippen molar-refractivity contribution in [1.29, 1.82) is 0 Å². The molecule has 148 valence electrons. The zero-order valence-electron chi connectivity index (χ0n) is 16.2. The van der Waals surface area contributed by atoms with E-state index < -0.39 is 11.6 Å². The number of carbonyl (C=O) groups is 1. The molecule has 0 radical (unpaired) electrons. The molecule has 1 N–H and O–H groups in total. The van der Waals surface area contributed by atoms with Crippen LogP contribution >= 0.6 is 23.4 Å². The molecule has 0 aliphatic carbocycles. The lowest BCUT2D eigenvalue weighted by atomic mass is 9.82. The summed E-state index contributed by atoms with van der Waals surface area (Å²) < 4.78 is 6.00. The van der Waals surface area contributed by atoms with Gasteiger partial charge in [0.25, 0.3) is 0 Å².